The van der Waals surface area contributed by atoms with Gasteiger partial charge in [-0.3, -0.25) is 9.59 Å². The normalized spacial score (nSPS) is 17.0. The number of benzene rings is 2. The minimum Gasteiger partial charge on any atom is -0.342 e. The molecule has 1 aromatic heterocycles. The number of nitrogens with one attached hydrogen (secondary N) is 1. The Bertz CT molecular complexity index is 1070. The molecule has 0 bridgehead atoms. The Hall–Kier alpha value is -2.73. The maximum absolute atomic E-state index is 12.8. The van der Waals surface area contributed by atoms with Gasteiger partial charge in [-0.15, -0.1) is 11.3 Å². The molecule has 1 aliphatic rings. The molecule has 2 heterocycles. The van der Waals surface area contributed by atoms with Crippen molar-refractivity contribution in [3.05, 3.63) is 59.1 Å². The highest BCUT2D eigenvalue weighted by molar-refractivity contribution is 7.18. The molecule has 30 heavy (non-hydrogen) atoms. The Kier molecular flexibility index (Phi) is 5.60. The van der Waals surface area contributed by atoms with E-state index in [0.29, 0.717) is 13.1 Å². The van der Waals surface area contributed by atoms with Crippen LogP contribution in [0.1, 0.15) is 37.8 Å². The molecule has 0 spiro atoms. The van der Waals surface area contributed by atoms with Gasteiger partial charge in [0.15, 0.2) is 0 Å². The number of nitrogens with zero attached hydrogens (tertiary/aromatic N) is 2. The van der Waals surface area contributed by atoms with Crippen LogP contribution in [0.15, 0.2) is 48.5 Å². The van der Waals surface area contributed by atoms with Crippen LogP contribution < -0.4 is 5.32 Å². The van der Waals surface area contributed by atoms with Crippen LogP contribution in [0.3, 0.4) is 0 Å². The number of thiazole rings is 1. The van der Waals surface area contributed by atoms with E-state index in [4.69, 9.17) is 4.98 Å². The van der Waals surface area contributed by atoms with E-state index in [1.807, 2.05) is 36.4 Å². The number of carbonyl (C=O) groups excluding carboxylic acids is 2. The molecule has 1 saturated heterocycles. The molecule has 1 unspecified atom stereocenters. The topological polar surface area (TPSA) is 62.3 Å². The van der Waals surface area contributed by atoms with Gasteiger partial charge in [-0.2, -0.15) is 0 Å². The number of likely N-dealkylation sites (tertiary alicyclic amines) is 1. The highest BCUT2D eigenvalue weighted by Crippen LogP contribution is 2.32. The summed E-state index contributed by atoms with van der Waals surface area (Å²) in [5, 5.41) is 4.08. The summed E-state index contributed by atoms with van der Waals surface area (Å²) in [7, 11) is 0. The second kappa shape index (κ2) is 8.19. The maximum Gasteiger partial charge on any atom is 0.229 e. The number of amides is 2. The maximum atomic E-state index is 12.8. The summed E-state index contributed by atoms with van der Waals surface area (Å²) in [5.74, 6) is -0.347. The summed E-state index contributed by atoms with van der Waals surface area (Å²) in [5.41, 5.74) is 2.91. The van der Waals surface area contributed by atoms with E-state index in [1.54, 1.807) is 16.2 Å². The first-order valence-electron chi connectivity index (χ1n) is 10.3. The number of carbonyl (C=O) groups is 2. The second-order valence-corrected chi connectivity index (χ2v) is 9.95. The summed E-state index contributed by atoms with van der Waals surface area (Å²) < 4.78 is 1.06. The van der Waals surface area contributed by atoms with E-state index in [-0.39, 0.29) is 29.6 Å². The number of fused-ring (bicyclic) bond motifs is 1. The molecular formula is C24H27N3O2S. The van der Waals surface area contributed by atoms with Gasteiger partial charge in [0.2, 0.25) is 11.8 Å². The van der Waals surface area contributed by atoms with Crippen LogP contribution in [0.2, 0.25) is 0 Å². The van der Waals surface area contributed by atoms with Crippen LogP contribution in [0.25, 0.3) is 10.2 Å². The third kappa shape index (κ3) is 4.54. The van der Waals surface area contributed by atoms with Crippen molar-refractivity contribution in [2.75, 3.05) is 18.4 Å². The Morgan fingerprint density at radius 3 is 2.70 bits per heavy atom. The van der Waals surface area contributed by atoms with Gasteiger partial charge < -0.3 is 10.2 Å². The quantitative estimate of drug-likeness (QED) is 0.654. The molecule has 1 fully saturated rings. The van der Waals surface area contributed by atoms with E-state index in [9.17, 15) is 9.59 Å². The SMILES string of the molecule is CC(C)(C)c1nc2ccc(NC(=O)C3CC(=O)N(CCc4ccccc4)C3)cc2s1. The van der Waals surface area contributed by atoms with Crippen molar-refractivity contribution in [3.8, 4) is 0 Å². The Morgan fingerprint density at radius 2 is 1.97 bits per heavy atom. The highest BCUT2D eigenvalue weighted by atomic mass is 32.1. The van der Waals surface area contributed by atoms with Crippen molar-refractivity contribution in [1.29, 1.82) is 0 Å². The van der Waals surface area contributed by atoms with E-state index in [2.05, 4.69) is 38.2 Å². The zero-order chi connectivity index (χ0) is 21.3. The van der Waals surface area contributed by atoms with Crippen molar-refractivity contribution in [1.82, 2.24) is 9.88 Å². The Labute approximate surface area is 181 Å². The average Bonchev–Trinajstić information content (AvgIpc) is 3.30. The third-order valence-corrected chi connectivity index (χ3v) is 6.84. The van der Waals surface area contributed by atoms with Crippen LogP contribution in [0.5, 0.6) is 0 Å². The standard InChI is InChI=1S/C24H27N3O2S/c1-24(2,3)23-26-19-10-9-18(14-20(19)30-23)25-22(29)17-13-21(28)27(15-17)12-11-16-7-5-4-6-8-16/h4-10,14,17H,11-13,15H2,1-3H3,(H,25,29). The lowest BCUT2D eigenvalue weighted by atomic mass is 9.98. The average molecular weight is 422 g/mol. The zero-order valence-electron chi connectivity index (χ0n) is 17.6. The third-order valence-electron chi connectivity index (χ3n) is 5.40. The molecule has 5 nitrogen and oxygen atoms in total. The van der Waals surface area contributed by atoms with E-state index in [0.717, 1.165) is 27.3 Å². The first-order valence-corrected chi connectivity index (χ1v) is 11.1. The second-order valence-electron chi connectivity index (χ2n) is 8.92. The van der Waals surface area contributed by atoms with Crippen molar-refractivity contribution in [2.24, 2.45) is 5.92 Å². The Balaban J connectivity index is 1.38. The molecule has 1 atom stereocenters. The van der Waals surface area contributed by atoms with Gasteiger partial charge in [0.1, 0.15) is 0 Å². The largest absolute Gasteiger partial charge is 0.342 e. The molecule has 0 aliphatic carbocycles. The Morgan fingerprint density at radius 1 is 1.20 bits per heavy atom. The first kappa shape index (κ1) is 20.5. The fourth-order valence-electron chi connectivity index (χ4n) is 3.64. The fraction of sp³-hybridized carbons (Fsp3) is 0.375. The van der Waals surface area contributed by atoms with Gasteiger partial charge in [-0.05, 0) is 30.2 Å². The predicted octanol–water partition coefficient (Wildman–Crippen LogP) is 4.62. The molecule has 2 aromatic carbocycles. The van der Waals surface area contributed by atoms with Crippen molar-refractivity contribution in [2.45, 2.75) is 39.0 Å². The number of rotatable bonds is 5. The summed E-state index contributed by atoms with van der Waals surface area (Å²) in [6.45, 7) is 7.57. The van der Waals surface area contributed by atoms with Crippen LogP contribution in [0, 0.1) is 5.92 Å². The van der Waals surface area contributed by atoms with Gasteiger partial charge in [0, 0.05) is 30.6 Å². The molecule has 6 heteroatoms. The molecular weight excluding hydrogens is 394 g/mol. The minimum absolute atomic E-state index is 0.000511. The van der Waals surface area contributed by atoms with Gasteiger partial charge in [0.25, 0.3) is 0 Å². The zero-order valence-corrected chi connectivity index (χ0v) is 18.5. The predicted molar refractivity (Wildman–Crippen MR) is 122 cm³/mol. The minimum atomic E-state index is -0.310. The number of aromatic nitrogens is 1. The molecule has 1 aliphatic heterocycles. The molecule has 156 valence electrons. The number of anilines is 1. The van der Waals surface area contributed by atoms with E-state index >= 15 is 0 Å². The van der Waals surface area contributed by atoms with Crippen LogP contribution in [0.4, 0.5) is 5.69 Å². The molecule has 3 aromatic rings. The van der Waals surface area contributed by atoms with Gasteiger partial charge >= 0.3 is 0 Å². The summed E-state index contributed by atoms with van der Waals surface area (Å²) in [6, 6.07) is 15.9. The summed E-state index contributed by atoms with van der Waals surface area (Å²) in [4.78, 5) is 31.7. The van der Waals surface area contributed by atoms with E-state index < -0.39 is 0 Å². The van der Waals surface area contributed by atoms with Crippen molar-refractivity contribution < 1.29 is 9.59 Å². The summed E-state index contributed by atoms with van der Waals surface area (Å²) in [6.07, 6.45) is 1.08. The van der Waals surface area contributed by atoms with Crippen molar-refractivity contribution in [3.63, 3.8) is 0 Å². The first-order chi connectivity index (χ1) is 14.3. The summed E-state index contributed by atoms with van der Waals surface area (Å²) >= 11 is 1.66. The number of hydrogen-bond donors (Lipinski definition) is 1. The molecule has 1 N–H and O–H groups in total. The van der Waals surface area contributed by atoms with Crippen LogP contribution >= 0.6 is 11.3 Å². The van der Waals surface area contributed by atoms with Crippen LogP contribution in [-0.2, 0) is 21.4 Å². The monoisotopic (exact) mass is 421 g/mol. The molecule has 4 rings (SSSR count). The molecule has 0 saturated carbocycles. The van der Waals surface area contributed by atoms with E-state index in [1.165, 1.54) is 5.56 Å². The van der Waals surface area contributed by atoms with Crippen molar-refractivity contribution >= 4 is 39.1 Å². The smallest absolute Gasteiger partial charge is 0.229 e. The van der Waals surface area contributed by atoms with Gasteiger partial charge in [-0.1, -0.05) is 51.1 Å². The van der Waals surface area contributed by atoms with Gasteiger partial charge in [0.05, 0.1) is 21.1 Å². The fourth-order valence-corrected chi connectivity index (χ4v) is 4.70. The number of hydrogen-bond acceptors (Lipinski definition) is 4. The molecule has 0 radical (unpaired) electrons. The highest BCUT2D eigenvalue weighted by Gasteiger charge is 2.34. The lowest BCUT2D eigenvalue weighted by Gasteiger charge is -2.16. The van der Waals surface area contributed by atoms with Crippen LogP contribution in [-0.4, -0.2) is 34.8 Å². The molecule has 2 amide bonds. The van der Waals surface area contributed by atoms with Gasteiger partial charge in [-0.25, -0.2) is 4.98 Å². The lowest BCUT2D eigenvalue weighted by molar-refractivity contribution is -0.128. The lowest BCUT2D eigenvalue weighted by Crippen LogP contribution is -2.30.